The Bertz CT molecular complexity index is 388. The first-order valence-electron chi connectivity index (χ1n) is 8.27. The van der Waals surface area contributed by atoms with Crippen molar-refractivity contribution in [2.75, 3.05) is 6.54 Å². The lowest BCUT2D eigenvalue weighted by molar-refractivity contribution is 0.0458. The highest BCUT2D eigenvalue weighted by Gasteiger charge is 2.22. The molecule has 0 spiro atoms. The number of aromatic nitrogens is 1. The molecular formula is C17H30N2O. The summed E-state index contributed by atoms with van der Waals surface area (Å²) < 4.78 is 8.21. The number of hydrogen-bond donors (Lipinski definition) is 1. The number of ether oxygens (including phenoxy) is 1. The van der Waals surface area contributed by atoms with Crippen LogP contribution in [0.15, 0.2) is 18.5 Å². The zero-order chi connectivity index (χ0) is 14.4. The first-order valence-corrected chi connectivity index (χ1v) is 8.27. The second kappa shape index (κ2) is 7.84. The Morgan fingerprint density at radius 1 is 1.35 bits per heavy atom. The first-order chi connectivity index (χ1) is 9.72. The Morgan fingerprint density at radius 3 is 2.85 bits per heavy atom. The van der Waals surface area contributed by atoms with Gasteiger partial charge in [-0.25, -0.2) is 0 Å². The second-order valence-corrected chi connectivity index (χ2v) is 6.08. The van der Waals surface area contributed by atoms with E-state index in [1.54, 1.807) is 0 Å². The highest BCUT2D eigenvalue weighted by molar-refractivity contribution is 5.15. The Kier molecular flexibility index (Phi) is 6.11. The van der Waals surface area contributed by atoms with E-state index in [0.29, 0.717) is 18.2 Å². The SMILES string of the molecule is CCCNC(CCC)c1ccn(CC2CCC(C)O2)c1. The fourth-order valence-corrected chi connectivity index (χ4v) is 3.03. The third kappa shape index (κ3) is 4.35. The number of nitrogens with zero attached hydrogens (tertiary/aromatic N) is 1. The zero-order valence-corrected chi connectivity index (χ0v) is 13.3. The predicted octanol–water partition coefficient (Wildman–Crippen LogP) is 3.90. The van der Waals surface area contributed by atoms with Gasteiger partial charge >= 0.3 is 0 Å². The maximum Gasteiger partial charge on any atom is 0.0758 e. The van der Waals surface area contributed by atoms with Crippen molar-refractivity contribution in [3.05, 3.63) is 24.0 Å². The van der Waals surface area contributed by atoms with Gasteiger partial charge in [-0.1, -0.05) is 20.3 Å². The number of rotatable bonds is 8. The summed E-state index contributed by atoms with van der Waals surface area (Å²) in [5, 5.41) is 3.66. The van der Waals surface area contributed by atoms with Gasteiger partial charge in [-0.15, -0.1) is 0 Å². The molecule has 0 saturated carbocycles. The van der Waals surface area contributed by atoms with Crippen molar-refractivity contribution < 1.29 is 4.74 Å². The number of nitrogens with one attached hydrogen (secondary N) is 1. The van der Waals surface area contributed by atoms with Crippen LogP contribution in [0.4, 0.5) is 0 Å². The van der Waals surface area contributed by atoms with Crippen LogP contribution in [0.5, 0.6) is 0 Å². The topological polar surface area (TPSA) is 26.2 Å². The van der Waals surface area contributed by atoms with Crippen LogP contribution < -0.4 is 5.32 Å². The molecule has 1 aromatic heterocycles. The molecule has 1 N–H and O–H groups in total. The van der Waals surface area contributed by atoms with Crippen LogP contribution in [-0.2, 0) is 11.3 Å². The highest BCUT2D eigenvalue weighted by atomic mass is 16.5. The minimum absolute atomic E-state index is 0.401. The molecule has 20 heavy (non-hydrogen) atoms. The molecule has 0 amide bonds. The van der Waals surface area contributed by atoms with Gasteiger partial charge in [0, 0.05) is 25.0 Å². The normalized spacial score (nSPS) is 24.1. The van der Waals surface area contributed by atoms with Crippen molar-refractivity contribution in [1.82, 2.24) is 9.88 Å². The van der Waals surface area contributed by atoms with Crippen LogP contribution in [0.1, 0.15) is 64.5 Å². The van der Waals surface area contributed by atoms with E-state index >= 15 is 0 Å². The average Bonchev–Trinajstić information content (AvgIpc) is 3.04. The minimum atomic E-state index is 0.401. The summed E-state index contributed by atoms with van der Waals surface area (Å²) in [6.07, 6.45) is 11.4. The van der Waals surface area contributed by atoms with Crippen molar-refractivity contribution >= 4 is 0 Å². The lowest BCUT2D eigenvalue weighted by Gasteiger charge is -2.17. The minimum Gasteiger partial charge on any atom is -0.373 e. The number of hydrogen-bond acceptors (Lipinski definition) is 2. The van der Waals surface area contributed by atoms with E-state index in [2.05, 4.69) is 49.1 Å². The largest absolute Gasteiger partial charge is 0.373 e. The third-order valence-electron chi connectivity index (χ3n) is 4.13. The Balaban J connectivity index is 1.91. The van der Waals surface area contributed by atoms with Crippen LogP contribution in [-0.4, -0.2) is 23.3 Å². The Labute approximate surface area is 123 Å². The molecule has 2 heterocycles. The Morgan fingerprint density at radius 2 is 2.20 bits per heavy atom. The molecule has 0 aromatic carbocycles. The summed E-state index contributed by atoms with van der Waals surface area (Å²) in [5.41, 5.74) is 1.42. The molecule has 1 aliphatic heterocycles. The summed E-state index contributed by atoms with van der Waals surface area (Å²) in [5.74, 6) is 0. The third-order valence-corrected chi connectivity index (χ3v) is 4.13. The van der Waals surface area contributed by atoms with Gasteiger partial charge in [-0.05, 0) is 50.8 Å². The molecule has 1 fully saturated rings. The maximum absolute atomic E-state index is 5.91. The second-order valence-electron chi connectivity index (χ2n) is 6.08. The van der Waals surface area contributed by atoms with E-state index in [4.69, 9.17) is 4.74 Å². The van der Waals surface area contributed by atoms with Crippen molar-refractivity contribution in [1.29, 1.82) is 0 Å². The lowest BCUT2D eigenvalue weighted by atomic mass is 10.1. The van der Waals surface area contributed by atoms with E-state index in [-0.39, 0.29) is 0 Å². The van der Waals surface area contributed by atoms with E-state index in [1.807, 2.05) is 0 Å². The molecule has 0 bridgehead atoms. The molecule has 114 valence electrons. The molecule has 3 atom stereocenters. The van der Waals surface area contributed by atoms with Gasteiger partial charge in [0.1, 0.15) is 0 Å². The molecular weight excluding hydrogens is 248 g/mol. The van der Waals surface area contributed by atoms with Crippen LogP contribution in [0.2, 0.25) is 0 Å². The van der Waals surface area contributed by atoms with Crippen molar-refractivity contribution in [2.45, 2.75) is 77.7 Å². The first kappa shape index (κ1) is 15.6. The van der Waals surface area contributed by atoms with Gasteiger partial charge in [0.05, 0.1) is 12.2 Å². The highest BCUT2D eigenvalue weighted by Crippen LogP contribution is 2.23. The zero-order valence-electron chi connectivity index (χ0n) is 13.3. The van der Waals surface area contributed by atoms with Gasteiger partial charge in [-0.3, -0.25) is 0 Å². The molecule has 3 nitrogen and oxygen atoms in total. The molecule has 3 unspecified atom stereocenters. The maximum atomic E-state index is 5.91. The molecule has 0 radical (unpaired) electrons. The van der Waals surface area contributed by atoms with Crippen LogP contribution in [0, 0.1) is 0 Å². The van der Waals surface area contributed by atoms with E-state index in [1.165, 1.54) is 37.7 Å². The summed E-state index contributed by atoms with van der Waals surface area (Å²) in [6.45, 7) is 8.74. The molecule has 1 aliphatic rings. The summed E-state index contributed by atoms with van der Waals surface area (Å²) in [7, 11) is 0. The summed E-state index contributed by atoms with van der Waals surface area (Å²) in [6, 6.07) is 2.77. The lowest BCUT2D eigenvalue weighted by Crippen LogP contribution is -2.21. The molecule has 2 rings (SSSR count). The van der Waals surface area contributed by atoms with E-state index in [0.717, 1.165) is 13.1 Å². The predicted molar refractivity (Wildman–Crippen MR) is 83.9 cm³/mol. The van der Waals surface area contributed by atoms with Crippen LogP contribution >= 0.6 is 0 Å². The smallest absolute Gasteiger partial charge is 0.0758 e. The van der Waals surface area contributed by atoms with E-state index in [9.17, 15) is 0 Å². The Hall–Kier alpha value is -0.800. The fourth-order valence-electron chi connectivity index (χ4n) is 3.03. The standard InChI is InChI=1S/C17H30N2O/c1-4-6-17(18-10-5-2)15-9-11-19(12-15)13-16-8-7-14(3)20-16/h9,11-12,14,16-18H,4-8,10,13H2,1-3H3. The van der Waals surface area contributed by atoms with Crippen molar-refractivity contribution in [3.8, 4) is 0 Å². The summed E-state index contributed by atoms with van der Waals surface area (Å²) in [4.78, 5) is 0. The van der Waals surface area contributed by atoms with Gasteiger partial charge in [0.2, 0.25) is 0 Å². The molecule has 3 heteroatoms. The quantitative estimate of drug-likeness (QED) is 0.780. The average molecular weight is 278 g/mol. The van der Waals surface area contributed by atoms with Crippen LogP contribution in [0.25, 0.3) is 0 Å². The van der Waals surface area contributed by atoms with Gasteiger partial charge in [0.25, 0.3) is 0 Å². The summed E-state index contributed by atoms with van der Waals surface area (Å²) >= 11 is 0. The molecule has 1 saturated heterocycles. The molecule has 0 aliphatic carbocycles. The monoisotopic (exact) mass is 278 g/mol. The van der Waals surface area contributed by atoms with Gasteiger partial charge in [0.15, 0.2) is 0 Å². The van der Waals surface area contributed by atoms with Gasteiger partial charge in [-0.2, -0.15) is 0 Å². The van der Waals surface area contributed by atoms with Gasteiger partial charge < -0.3 is 14.6 Å². The van der Waals surface area contributed by atoms with Crippen molar-refractivity contribution in [3.63, 3.8) is 0 Å². The molecule has 1 aromatic rings. The fraction of sp³-hybridized carbons (Fsp3) is 0.765. The van der Waals surface area contributed by atoms with E-state index < -0.39 is 0 Å². The van der Waals surface area contributed by atoms with Crippen molar-refractivity contribution in [2.24, 2.45) is 0 Å². The van der Waals surface area contributed by atoms with Crippen LogP contribution in [0.3, 0.4) is 0 Å².